The van der Waals surface area contributed by atoms with Crippen LogP contribution >= 0.6 is 0 Å². The summed E-state index contributed by atoms with van der Waals surface area (Å²) in [6.07, 6.45) is 9.11. The van der Waals surface area contributed by atoms with Gasteiger partial charge >= 0.3 is 0 Å². The number of aliphatic hydroxyl groups excluding tert-OH is 1. The maximum absolute atomic E-state index is 12.3. The van der Waals surface area contributed by atoms with Crippen molar-refractivity contribution in [3.05, 3.63) is 48.2 Å². The number of aromatic nitrogens is 5. The van der Waals surface area contributed by atoms with E-state index in [1.54, 1.807) is 26.2 Å². The van der Waals surface area contributed by atoms with Crippen molar-refractivity contribution in [1.82, 2.24) is 29.5 Å². The van der Waals surface area contributed by atoms with Gasteiger partial charge in [-0.2, -0.15) is 9.61 Å². The van der Waals surface area contributed by atoms with Gasteiger partial charge in [0.25, 0.3) is 0 Å². The zero-order chi connectivity index (χ0) is 23.6. The molecule has 9 heteroatoms. The minimum absolute atomic E-state index is 0.151. The standard InChI is InChI=1S/C25H28N6O3/c1-25(2,34)20-6-3-14(11-27-20)19-12-28-31-23-18(7-8-26-23)22(29-24(19)31)15-9-16-4-5-17(10-15)30(16)21(33)13-32/h3,6-8,11-12,15-17,26,32,34H,4-5,9-10,13H2,1-2H3/t15-,16-,17+. The van der Waals surface area contributed by atoms with E-state index in [0.29, 0.717) is 5.69 Å². The quantitative estimate of drug-likeness (QED) is 0.431. The van der Waals surface area contributed by atoms with Gasteiger partial charge in [-0.1, -0.05) is 6.07 Å². The fourth-order valence-corrected chi connectivity index (χ4v) is 5.85. The number of rotatable bonds is 4. The molecule has 0 unspecified atom stereocenters. The van der Waals surface area contributed by atoms with Crippen molar-refractivity contribution < 1.29 is 15.0 Å². The summed E-state index contributed by atoms with van der Waals surface area (Å²) in [4.78, 5) is 27.1. The molecule has 176 valence electrons. The van der Waals surface area contributed by atoms with Crippen LogP contribution in [0.25, 0.3) is 27.8 Å². The Morgan fingerprint density at radius 3 is 2.59 bits per heavy atom. The van der Waals surface area contributed by atoms with Gasteiger partial charge in [0.15, 0.2) is 5.65 Å². The second kappa shape index (κ2) is 7.61. The normalized spacial score (nSPS) is 22.7. The molecule has 2 aliphatic rings. The Morgan fingerprint density at radius 1 is 1.18 bits per heavy atom. The lowest BCUT2D eigenvalue weighted by Gasteiger charge is -2.38. The molecule has 2 fully saturated rings. The minimum Gasteiger partial charge on any atom is -0.387 e. The van der Waals surface area contributed by atoms with Gasteiger partial charge in [0.05, 0.1) is 17.6 Å². The number of nitrogens with zero attached hydrogens (tertiary/aromatic N) is 5. The Kier molecular flexibility index (Phi) is 4.76. The third-order valence-corrected chi connectivity index (χ3v) is 7.43. The fourth-order valence-electron chi connectivity index (χ4n) is 5.85. The van der Waals surface area contributed by atoms with Crippen LogP contribution in [0, 0.1) is 0 Å². The summed E-state index contributed by atoms with van der Waals surface area (Å²) in [5, 5.41) is 25.3. The van der Waals surface area contributed by atoms with Crippen LogP contribution in [0.4, 0.5) is 0 Å². The molecule has 1 amide bonds. The molecule has 0 aliphatic carbocycles. The molecule has 34 heavy (non-hydrogen) atoms. The van der Waals surface area contributed by atoms with Gasteiger partial charge in [-0.25, -0.2) is 4.98 Å². The maximum Gasteiger partial charge on any atom is 0.248 e. The van der Waals surface area contributed by atoms with E-state index >= 15 is 0 Å². The summed E-state index contributed by atoms with van der Waals surface area (Å²) >= 11 is 0. The van der Waals surface area contributed by atoms with Crippen molar-refractivity contribution in [2.75, 3.05) is 6.61 Å². The molecule has 0 saturated carbocycles. The summed E-state index contributed by atoms with van der Waals surface area (Å²) in [6, 6.07) is 6.12. The Balaban J connectivity index is 1.43. The zero-order valence-electron chi connectivity index (χ0n) is 19.3. The molecule has 9 nitrogen and oxygen atoms in total. The number of carbonyl (C=O) groups excluding carboxylic acids is 1. The van der Waals surface area contributed by atoms with Crippen LogP contribution in [0.15, 0.2) is 36.8 Å². The van der Waals surface area contributed by atoms with Crippen molar-refractivity contribution in [2.24, 2.45) is 0 Å². The van der Waals surface area contributed by atoms with Crippen molar-refractivity contribution in [3.8, 4) is 11.1 Å². The van der Waals surface area contributed by atoms with Crippen molar-refractivity contribution >= 4 is 22.6 Å². The van der Waals surface area contributed by atoms with Crippen LogP contribution in [0.1, 0.15) is 56.8 Å². The Labute approximate surface area is 196 Å². The Morgan fingerprint density at radius 2 is 1.94 bits per heavy atom. The fraction of sp³-hybridized carbons (Fsp3) is 0.440. The van der Waals surface area contributed by atoms with Crippen LogP contribution < -0.4 is 0 Å². The molecular formula is C25H28N6O3. The first-order chi connectivity index (χ1) is 16.3. The van der Waals surface area contributed by atoms with E-state index in [0.717, 1.165) is 59.2 Å². The molecule has 3 atom stereocenters. The number of amides is 1. The third kappa shape index (κ3) is 3.22. The number of nitrogens with one attached hydrogen (secondary N) is 1. The number of aliphatic hydroxyl groups is 2. The molecule has 6 rings (SSSR count). The number of hydrogen-bond acceptors (Lipinski definition) is 6. The summed E-state index contributed by atoms with van der Waals surface area (Å²) in [5.41, 5.74) is 4.04. The number of aromatic amines is 1. The summed E-state index contributed by atoms with van der Waals surface area (Å²) in [5.74, 6) is 0.0585. The van der Waals surface area contributed by atoms with Gasteiger partial charge in [0, 0.05) is 46.9 Å². The Bertz CT molecular complexity index is 1370. The van der Waals surface area contributed by atoms with Crippen LogP contribution in [0.3, 0.4) is 0 Å². The largest absolute Gasteiger partial charge is 0.387 e. The van der Waals surface area contributed by atoms with Gasteiger partial charge < -0.3 is 20.1 Å². The highest BCUT2D eigenvalue weighted by atomic mass is 16.3. The molecular weight excluding hydrogens is 432 g/mol. The number of hydrogen-bond donors (Lipinski definition) is 3. The molecule has 2 aliphatic heterocycles. The van der Waals surface area contributed by atoms with Gasteiger partial charge in [-0.3, -0.25) is 9.78 Å². The average Bonchev–Trinajstić information content (AvgIpc) is 3.53. The van der Waals surface area contributed by atoms with E-state index in [1.165, 1.54) is 0 Å². The van der Waals surface area contributed by atoms with Gasteiger partial charge in [-0.05, 0) is 51.7 Å². The molecule has 2 bridgehead atoms. The second-order valence-electron chi connectivity index (χ2n) is 10.0. The molecule has 0 aromatic carbocycles. The van der Waals surface area contributed by atoms with Crippen molar-refractivity contribution in [3.63, 3.8) is 0 Å². The monoisotopic (exact) mass is 460 g/mol. The lowest BCUT2D eigenvalue weighted by molar-refractivity contribution is -0.138. The van der Waals surface area contributed by atoms with E-state index < -0.39 is 12.2 Å². The van der Waals surface area contributed by atoms with Crippen LogP contribution in [-0.4, -0.2) is 64.3 Å². The first-order valence-corrected chi connectivity index (χ1v) is 11.8. The summed E-state index contributed by atoms with van der Waals surface area (Å²) in [7, 11) is 0. The Hall–Kier alpha value is -3.30. The first kappa shape index (κ1) is 21.2. The van der Waals surface area contributed by atoms with E-state index in [4.69, 9.17) is 4.98 Å². The second-order valence-corrected chi connectivity index (χ2v) is 10.0. The predicted octanol–water partition coefficient (Wildman–Crippen LogP) is 2.73. The predicted molar refractivity (Wildman–Crippen MR) is 126 cm³/mol. The maximum atomic E-state index is 12.3. The third-order valence-electron chi connectivity index (χ3n) is 7.43. The molecule has 0 spiro atoms. The molecule has 6 heterocycles. The topological polar surface area (TPSA) is 120 Å². The number of H-pyrrole nitrogens is 1. The zero-order valence-corrected chi connectivity index (χ0v) is 19.3. The number of carbonyl (C=O) groups is 1. The van der Waals surface area contributed by atoms with Gasteiger partial charge in [0.2, 0.25) is 5.91 Å². The SMILES string of the molecule is CC(C)(O)c1ccc(-c2cnn3c2nc([C@@H]2C[C@H]4CC[C@@H](C2)N4C(=O)CO)c2cc[nH]c23)cn1. The summed E-state index contributed by atoms with van der Waals surface area (Å²) in [6.45, 7) is 3.00. The number of pyridine rings is 1. The smallest absolute Gasteiger partial charge is 0.248 e. The van der Waals surface area contributed by atoms with Crippen molar-refractivity contribution in [1.29, 1.82) is 0 Å². The minimum atomic E-state index is -1.01. The molecule has 2 saturated heterocycles. The number of piperidine rings is 1. The number of fused-ring (bicyclic) bond motifs is 5. The highest BCUT2D eigenvalue weighted by molar-refractivity contribution is 5.86. The van der Waals surface area contributed by atoms with Gasteiger partial charge in [-0.15, -0.1) is 0 Å². The van der Waals surface area contributed by atoms with Crippen molar-refractivity contribution in [2.45, 2.75) is 63.1 Å². The molecule has 3 N–H and O–H groups in total. The van der Waals surface area contributed by atoms with Crippen LogP contribution in [-0.2, 0) is 10.4 Å². The lowest BCUT2D eigenvalue weighted by atomic mass is 9.86. The molecule has 4 aromatic heterocycles. The van der Waals surface area contributed by atoms with Gasteiger partial charge in [0.1, 0.15) is 17.9 Å². The van der Waals surface area contributed by atoms with E-state index in [2.05, 4.69) is 15.1 Å². The lowest BCUT2D eigenvalue weighted by Crippen LogP contribution is -2.47. The summed E-state index contributed by atoms with van der Waals surface area (Å²) < 4.78 is 1.83. The van der Waals surface area contributed by atoms with E-state index in [-0.39, 0.29) is 23.9 Å². The molecule has 0 radical (unpaired) electrons. The highest BCUT2D eigenvalue weighted by Crippen LogP contribution is 2.44. The first-order valence-electron chi connectivity index (χ1n) is 11.8. The van der Waals surface area contributed by atoms with Crippen LogP contribution in [0.5, 0.6) is 0 Å². The average molecular weight is 461 g/mol. The van der Waals surface area contributed by atoms with E-state index in [9.17, 15) is 15.0 Å². The van der Waals surface area contributed by atoms with Crippen LogP contribution in [0.2, 0.25) is 0 Å². The highest BCUT2D eigenvalue weighted by Gasteiger charge is 2.44. The van der Waals surface area contributed by atoms with E-state index in [1.807, 2.05) is 33.8 Å². The molecule has 4 aromatic rings.